The molecule has 0 aliphatic heterocycles. The summed E-state index contributed by atoms with van der Waals surface area (Å²) in [6.07, 6.45) is 0.190. The number of amides is 1. The molecule has 0 aliphatic rings. The summed E-state index contributed by atoms with van der Waals surface area (Å²) in [5.41, 5.74) is 7.95. The molecule has 1 aromatic carbocycles. The topological polar surface area (TPSA) is 117 Å². The van der Waals surface area contributed by atoms with Gasteiger partial charge in [0.1, 0.15) is 6.61 Å². The molecule has 0 fully saturated rings. The van der Waals surface area contributed by atoms with Gasteiger partial charge in [0.2, 0.25) is 11.9 Å². The van der Waals surface area contributed by atoms with E-state index in [2.05, 4.69) is 20.4 Å². The number of para-hydroxylation sites is 2. The van der Waals surface area contributed by atoms with Crippen LogP contribution in [-0.4, -0.2) is 45.8 Å². The number of fused-ring (bicyclic) bond motifs is 1. The van der Waals surface area contributed by atoms with Crippen molar-refractivity contribution >= 4 is 17.6 Å². The Morgan fingerprint density at radius 1 is 1.22 bits per heavy atom. The maximum atomic E-state index is 12.3. The number of aryl methyl sites for hydroxylation is 2. The average molecular weight is 370 g/mol. The fourth-order valence-corrected chi connectivity index (χ4v) is 2.79. The van der Waals surface area contributed by atoms with Gasteiger partial charge >= 0.3 is 0 Å². The van der Waals surface area contributed by atoms with E-state index in [-0.39, 0.29) is 18.3 Å². The molecule has 3 N–H and O–H groups in total. The van der Waals surface area contributed by atoms with Crippen LogP contribution in [0.5, 0.6) is 11.5 Å². The third kappa shape index (κ3) is 4.08. The van der Waals surface area contributed by atoms with E-state index in [9.17, 15) is 4.79 Å². The van der Waals surface area contributed by atoms with Crippen LogP contribution in [-0.2, 0) is 11.2 Å². The number of rotatable bonds is 7. The third-order valence-corrected chi connectivity index (χ3v) is 4.15. The van der Waals surface area contributed by atoms with Crippen molar-refractivity contribution in [1.29, 1.82) is 0 Å². The van der Waals surface area contributed by atoms with Crippen LogP contribution in [0.3, 0.4) is 0 Å². The maximum Gasteiger partial charge on any atom is 0.254 e. The number of nitrogens with one attached hydrogen (secondary N) is 1. The molecule has 3 aromatic rings. The van der Waals surface area contributed by atoms with E-state index in [1.54, 1.807) is 11.6 Å². The zero-order chi connectivity index (χ0) is 19.4. The van der Waals surface area contributed by atoms with E-state index in [1.807, 2.05) is 38.1 Å². The second kappa shape index (κ2) is 7.90. The molecule has 0 atom stereocenters. The van der Waals surface area contributed by atoms with Gasteiger partial charge in [0, 0.05) is 17.0 Å². The van der Waals surface area contributed by atoms with E-state index >= 15 is 0 Å². The lowest BCUT2D eigenvalue weighted by atomic mass is 10.1. The molecular weight excluding hydrogens is 348 g/mol. The van der Waals surface area contributed by atoms with Gasteiger partial charge in [-0.15, -0.1) is 5.10 Å². The molecule has 142 valence electrons. The smallest absolute Gasteiger partial charge is 0.254 e. The lowest BCUT2D eigenvalue weighted by Gasteiger charge is -2.12. The van der Waals surface area contributed by atoms with Gasteiger partial charge in [0.15, 0.2) is 11.5 Å². The summed E-state index contributed by atoms with van der Waals surface area (Å²) in [6.45, 7) is 4.41. The molecular formula is C18H22N6O3. The number of benzene rings is 1. The van der Waals surface area contributed by atoms with Crippen molar-refractivity contribution in [2.45, 2.75) is 20.3 Å². The van der Waals surface area contributed by atoms with E-state index in [0.29, 0.717) is 30.4 Å². The zero-order valence-electron chi connectivity index (χ0n) is 15.5. The summed E-state index contributed by atoms with van der Waals surface area (Å²) in [7, 11) is 1.59. The number of anilines is 1. The quantitative estimate of drug-likeness (QED) is 0.598. The van der Waals surface area contributed by atoms with Crippen LogP contribution in [0, 0.1) is 13.8 Å². The molecule has 2 heterocycles. The number of ether oxygens (including phenoxy) is 2. The van der Waals surface area contributed by atoms with E-state index in [1.165, 1.54) is 0 Å². The van der Waals surface area contributed by atoms with Crippen LogP contribution in [0.25, 0.3) is 5.78 Å². The molecule has 0 radical (unpaired) electrons. The number of aromatic nitrogens is 4. The molecule has 3 rings (SSSR count). The highest BCUT2D eigenvalue weighted by Crippen LogP contribution is 2.25. The van der Waals surface area contributed by atoms with Gasteiger partial charge in [-0.25, -0.2) is 4.98 Å². The van der Waals surface area contributed by atoms with Gasteiger partial charge < -0.3 is 20.5 Å². The molecule has 9 heteroatoms. The Labute approximate surface area is 156 Å². The fourth-order valence-electron chi connectivity index (χ4n) is 2.79. The van der Waals surface area contributed by atoms with Crippen molar-refractivity contribution in [3.8, 4) is 11.5 Å². The van der Waals surface area contributed by atoms with Crippen molar-refractivity contribution in [2.75, 3.05) is 26.0 Å². The number of hydrogen-bond donors (Lipinski definition) is 2. The van der Waals surface area contributed by atoms with E-state index in [0.717, 1.165) is 17.0 Å². The van der Waals surface area contributed by atoms with Gasteiger partial charge in [-0.3, -0.25) is 4.79 Å². The Kier molecular flexibility index (Phi) is 5.39. The minimum absolute atomic E-state index is 0.126. The van der Waals surface area contributed by atoms with Gasteiger partial charge in [-0.2, -0.15) is 9.50 Å². The molecule has 27 heavy (non-hydrogen) atoms. The second-order valence-electron chi connectivity index (χ2n) is 5.97. The molecule has 2 aromatic heterocycles. The number of nitrogen functional groups attached to an aromatic ring is 1. The van der Waals surface area contributed by atoms with Crippen molar-refractivity contribution in [3.05, 3.63) is 41.2 Å². The highest BCUT2D eigenvalue weighted by Gasteiger charge is 2.15. The molecule has 0 aliphatic carbocycles. The Morgan fingerprint density at radius 3 is 2.70 bits per heavy atom. The lowest BCUT2D eigenvalue weighted by Crippen LogP contribution is -2.30. The molecule has 0 spiro atoms. The Balaban J connectivity index is 1.57. The van der Waals surface area contributed by atoms with Gasteiger partial charge in [0.25, 0.3) is 5.78 Å². The van der Waals surface area contributed by atoms with Gasteiger partial charge in [0.05, 0.1) is 20.1 Å². The first-order chi connectivity index (χ1) is 13.0. The van der Waals surface area contributed by atoms with Crippen LogP contribution in [0.2, 0.25) is 0 Å². The summed E-state index contributed by atoms with van der Waals surface area (Å²) in [5.74, 6) is 1.75. The van der Waals surface area contributed by atoms with Gasteiger partial charge in [-0.05, 0) is 26.0 Å². The number of nitrogens with zero attached hydrogens (tertiary/aromatic N) is 4. The molecule has 0 saturated carbocycles. The predicted octanol–water partition coefficient (Wildman–Crippen LogP) is 1.07. The first-order valence-corrected chi connectivity index (χ1v) is 8.50. The normalized spacial score (nSPS) is 10.8. The first-order valence-electron chi connectivity index (χ1n) is 8.50. The number of methoxy groups -OCH3 is 1. The third-order valence-electron chi connectivity index (χ3n) is 4.15. The highest BCUT2D eigenvalue weighted by atomic mass is 16.5. The zero-order valence-corrected chi connectivity index (χ0v) is 15.5. The molecule has 0 bridgehead atoms. The molecule has 0 unspecified atom stereocenters. The summed E-state index contributed by atoms with van der Waals surface area (Å²) < 4.78 is 12.4. The maximum absolute atomic E-state index is 12.3. The van der Waals surface area contributed by atoms with Crippen LogP contribution < -0.4 is 20.5 Å². The number of hydrogen-bond acceptors (Lipinski definition) is 7. The molecule has 9 nitrogen and oxygen atoms in total. The predicted molar refractivity (Wildman–Crippen MR) is 99.9 cm³/mol. The minimum atomic E-state index is -0.126. The minimum Gasteiger partial charge on any atom is -0.493 e. The summed E-state index contributed by atoms with van der Waals surface area (Å²) in [6, 6.07) is 7.37. The van der Waals surface area contributed by atoms with E-state index in [4.69, 9.17) is 15.2 Å². The van der Waals surface area contributed by atoms with Crippen molar-refractivity contribution in [3.63, 3.8) is 0 Å². The van der Waals surface area contributed by atoms with Crippen LogP contribution in [0.15, 0.2) is 24.3 Å². The SMILES string of the molecule is COc1ccccc1OCCNC(=O)Cc1c(C)nc2nc(N)nn2c1C. The molecule has 1 amide bonds. The first kappa shape index (κ1) is 18.4. The van der Waals surface area contributed by atoms with Crippen molar-refractivity contribution in [2.24, 2.45) is 0 Å². The molecule has 0 saturated heterocycles. The largest absolute Gasteiger partial charge is 0.493 e. The summed E-state index contributed by atoms with van der Waals surface area (Å²) >= 11 is 0. The number of carbonyl (C=O) groups excluding carboxylic acids is 1. The average Bonchev–Trinajstić information content (AvgIpc) is 3.03. The monoisotopic (exact) mass is 370 g/mol. The van der Waals surface area contributed by atoms with Crippen LogP contribution in [0.4, 0.5) is 5.95 Å². The summed E-state index contributed by atoms with van der Waals surface area (Å²) in [5, 5.41) is 6.95. The van der Waals surface area contributed by atoms with E-state index < -0.39 is 0 Å². The van der Waals surface area contributed by atoms with Crippen molar-refractivity contribution < 1.29 is 14.3 Å². The van der Waals surface area contributed by atoms with Crippen LogP contribution in [0.1, 0.15) is 17.0 Å². The fraction of sp³-hybridized carbons (Fsp3) is 0.333. The number of nitrogens with two attached hydrogens (primary N) is 1. The Bertz CT molecular complexity index is 969. The van der Waals surface area contributed by atoms with Crippen LogP contribution >= 0.6 is 0 Å². The summed E-state index contributed by atoms with van der Waals surface area (Å²) in [4.78, 5) is 20.7. The second-order valence-corrected chi connectivity index (χ2v) is 5.97. The Hall–Kier alpha value is -3.36. The Morgan fingerprint density at radius 2 is 1.96 bits per heavy atom. The lowest BCUT2D eigenvalue weighted by molar-refractivity contribution is -0.120. The number of carbonyl (C=O) groups is 1. The van der Waals surface area contributed by atoms with Crippen molar-refractivity contribution in [1.82, 2.24) is 24.9 Å². The standard InChI is InChI=1S/C18H22N6O3/c1-11-13(12(2)24-18(21-11)22-17(19)23-24)10-16(25)20-8-9-27-15-7-5-4-6-14(15)26-3/h4-7H,8-10H2,1-3H3,(H2,19,23)(H,20,25). The highest BCUT2D eigenvalue weighted by molar-refractivity contribution is 5.79. The van der Waals surface area contributed by atoms with Gasteiger partial charge in [-0.1, -0.05) is 12.1 Å².